The molecule has 15 aromatic rings. The van der Waals surface area contributed by atoms with E-state index in [-0.39, 0.29) is 0 Å². The molecule has 0 saturated carbocycles. The van der Waals surface area contributed by atoms with Gasteiger partial charge in [0.2, 0.25) is 5.95 Å². The summed E-state index contributed by atoms with van der Waals surface area (Å²) in [6.45, 7) is 0. The average molecular weight is 867 g/mol. The number of aromatic nitrogens is 6. The topological polar surface area (TPSA) is 45.5 Å². The summed E-state index contributed by atoms with van der Waals surface area (Å²) in [6.07, 6.45) is 0. The van der Waals surface area contributed by atoms with Crippen LogP contribution < -0.4 is 0 Å². The number of hydrogen-bond acceptors (Lipinski definition) is 2. The van der Waals surface area contributed by atoms with Crippen molar-refractivity contribution in [1.82, 2.24) is 28.2 Å². The molecule has 0 atom stereocenters. The first kappa shape index (κ1) is 37.0. The monoisotopic (exact) mass is 866 g/mol. The van der Waals surface area contributed by atoms with Gasteiger partial charge < -0.3 is 9.13 Å². The van der Waals surface area contributed by atoms with Crippen molar-refractivity contribution in [3.05, 3.63) is 231 Å². The lowest BCUT2D eigenvalue weighted by molar-refractivity contribution is 0.952. The molecule has 5 aromatic heterocycles. The van der Waals surface area contributed by atoms with Crippen LogP contribution in [0.3, 0.4) is 0 Å². The van der Waals surface area contributed by atoms with Crippen LogP contribution in [0.1, 0.15) is 0 Å². The molecule has 0 radical (unpaired) electrons. The van der Waals surface area contributed by atoms with Crippen LogP contribution in [0.5, 0.6) is 0 Å². The van der Waals surface area contributed by atoms with Gasteiger partial charge in [0.1, 0.15) is 5.82 Å². The van der Waals surface area contributed by atoms with Gasteiger partial charge in [-0.15, -0.1) is 0 Å². The first-order valence-corrected chi connectivity index (χ1v) is 23.2. The van der Waals surface area contributed by atoms with Gasteiger partial charge >= 0.3 is 0 Å². The fourth-order valence-electron chi connectivity index (χ4n) is 11.3. The van der Waals surface area contributed by atoms with Crippen LogP contribution in [0.15, 0.2) is 231 Å². The van der Waals surface area contributed by atoms with Crippen molar-refractivity contribution in [2.24, 2.45) is 0 Å². The summed E-state index contributed by atoms with van der Waals surface area (Å²) in [5, 5.41) is 11.7. The standard InChI is InChI=1S/C62H38N6/c1-3-19-42(20-4-1)65-53-27-13-9-23-44(53)48-33-35-50-46-25-11-15-29-55(46)67(60(50)58(48)65)57-38-52(41-32-31-39-17-7-8-18-40(39)37-41)63-62(64-57)68-56-30-16-12-26-47(56)51-36-34-49-45-24-10-14-28-54(45)66(59(49)61(51)68)43-21-5-2-6-22-43/h1-38H. The third-order valence-corrected chi connectivity index (χ3v) is 14.1. The Balaban J connectivity index is 1.13. The maximum Gasteiger partial charge on any atom is 0.237 e. The molecule has 0 fully saturated rings. The number of fused-ring (bicyclic) bond motifs is 15. The summed E-state index contributed by atoms with van der Waals surface area (Å²) >= 11 is 0. The highest BCUT2D eigenvalue weighted by atomic mass is 15.2. The quantitative estimate of drug-likeness (QED) is 0.173. The molecule has 0 aliphatic carbocycles. The van der Waals surface area contributed by atoms with Crippen LogP contribution in [0.25, 0.3) is 132 Å². The highest BCUT2D eigenvalue weighted by Crippen LogP contribution is 2.44. The molecule has 68 heavy (non-hydrogen) atoms. The molecule has 0 aliphatic rings. The van der Waals surface area contributed by atoms with Gasteiger partial charge in [0.25, 0.3) is 0 Å². The minimum Gasteiger partial charge on any atom is -0.307 e. The first-order valence-electron chi connectivity index (χ1n) is 23.2. The lowest BCUT2D eigenvalue weighted by Crippen LogP contribution is -2.08. The van der Waals surface area contributed by atoms with Crippen molar-refractivity contribution in [3.63, 3.8) is 0 Å². The Bertz CT molecular complexity index is 4300. The van der Waals surface area contributed by atoms with E-state index >= 15 is 0 Å². The van der Waals surface area contributed by atoms with E-state index in [0.29, 0.717) is 5.95 Å². The summed E-state index contributed by atoms with van der Waals surface area (Å²) in [5.74, 6) is 1.37. The van der Waals surface area contributed by atoms with E-state index in [4.69, 9.17) is 9.97 Å². The van der Waals surface area contributed by atoms with Crippen molar-refractivity contribution >= 4 is 98.0 Å². The van der Waals surface area contributed by atoms with Gasteiger partial charge in [0.05, 0.1) is 49.8 Å². The fourth-order valence-corrected chi connectivity index (χ4v) is 11.3. The molecule has 6 heteroatoms. The first-order chi connectivity index (χ1) is 33.8. The van der Waals surface area contributed by atoms with Crippen molar-refractivity contribution in [2.75, 3.05) is 0 Å². The zero-order valence-corrected chi connectivity index (χ0v) is 36.6. The molecule has 15 rings (SSSR count). The predicted octanol–water partition coefficient (Wildman–Crippen LogP) is 15.7. The van der Waals surface area contributed by atoms with Crippen molar-refractivity contribution in [3.8, 4) is 34.4 Å². The zero-order valence-electron chi connectivity index (χ0n) is 36.6. The molecule has 0 aliphatic heterocycles. The van der Waals surface area contributed by atoms with Crippen LogP contribution >= 0.6 is 0 Å². The summed E-state index contributed by atoms with van der Waals surface area (Å²) in [7, 11) is 0. The molecule has 0 spiro atoms. The lowest BCUT2D eigenvalue weighted by atomic mass is 10.0. The Labute approximate surface area is 389 Å². The van der Waals surface area contributed by atoms with Crippen LogP contribution in [0.4, 0.5) is 0 Å². The van der Waals surface area contributed by atoms with E-state index in [9.17, 15) is 0 Å². The average Bonchev–Trinajstić information content (AvgIpc) is 4.14. The summed E-state index contributed by atoms with van der Waals surface area (Å²) in [4.78, 5) is 11.5. The molecular formula is C62H38N6. The van der Waals surface area contributed by atoms with Gasteiger partial charge in [0, 0.05) is 66.1 Å². The Morgan fingerprint density at radius 1 is 0.265 bits per heavy atom. The Kier molecular flexibility index (Phi) is 7.69. The highest BCUT2D eigenvalue weighted by molar-refractivity contribution is 6.25. The van der Waals surface area contributed by atoms with E-state index in [1.807, 2.05) is 0 Å². The fraction of sp³-hybridized carbons (Fsp3) is 0. The summed E-state index contributed by atoms with van der Waals surface area (Å²) < 4.78 is 9.57. The predicted molar refractivity (Wildman–Crippen MR) is 282 cm³/mol. The van der Waals surface area contributed by atoms with E-state index in [1.165, 1.54) is 26.9 Å². The third-order valence-electron chi connectivity index (χ3n) is 14.1. The molecule has 0 bridgehead atoms. The van der Waals surface area contributed by atoms with Gasteiger partial charge in [-0.05, 0) is 65.4 Å². The van der Waals surface area contributed by atoms with Gasteiger partial charge in [-0.3, -0.25) is 9.13 Å². The van der Waals surface area contributed by atoms with Crippen LogP contribution in [-0.2, 0) is 0 Å². The van der Waals surface area contributed by atoms with Crippen LogP contribution in [0.2, 0.25) is 0 Å². The SMILES string of the molecule is c1ccc(-n2c3ccccc3c3ccc4c5ccccc5n(-c5cc(-c6ccc7ccccc7c6)nc(-n6c7ccccc7c7ccc8c9ccccc9n(-c9ccccc9)c8c76)n5)c4c32)cc1. The zero-order chi connectivity index (χ0) is 44.5. The molecule has 0 amide bonds. The second-order valence-electron chi connectivity index (χ2n) is 17.8. The smallest absolute Gasteiger partial charge is 0.237 e. The minimum atomic E-state index is 0.593. The Morgan fingerprint density at radius 2 is 0.662 bits per heavy atom. The van der Waals surface area contributed by atoms with Crippen molar-refractivity contribution in [1.29, 1.82) is 0 Å². The minimum absolute atomic E-state index is 0.593. The van der Waals surface area contributed by atoms with Crippen LogP contribution in [0, 0.1) is 0 Å². The highest BCUT2D eigenvalue weighted by Gasteiger charge is 2.26. The van der Waals surface area contributed by atoms with Crippen molar-refractivity contribution in [2.45, 2.75) is 0 Å². The maximum atomic E-state index is 5.83. The van der Waals surface area contributed by atoms with E-state index in [1.54, 1.807) is 0 Å². The maximum absolute atomic E-state index is 5.83. The molecule has 0 unspecified atom stereocenters. The van der Waals surface area contributed by atoms with E-state index in [2.05, 4.69) is 249 Å². The number of para-hydroxylation sites is 6. The van der Waals surface area contributed by atoms with Gasteiger partial charge in [0.15, 0.2) is 0 Å². The summed E-state index contributed by atoms with van der Waals surface area (Å²) in [5.41, 5.74) is 12.8. The number of nitrogens with zero attached hydrogens (tertiary/aromatic N) is 6. The Hall–Kier alpha value is -9.26. The molecule has 6 nitrogen and oxygen atoms in total. The molecular weight excluding hydrogens is 829 g/mol. The molecule has 10 aromatic carbocycles. The van der Waals surface area contributed by atoms with Gasteiger partial charge in [-0.2, -0.15) is 4.98 Å². The normalized spacial score (nSPS) is 12.1. The largest absolute Gasteiger partial charge is 0.307 e. The number of hydrogen-bond donors (Lipinski definition) is 0. The van der Waals surface area contributed by atoms with Gasteiger partial charge in [-0.1, -0.05) is 170 Å². The van der Waals surface area contributed by atoms with Gasteiger partial charge in [-0.25, -0.2) is 4.98 Å². The molecule has 5 heterocycles. The second-order valence-corrected chi connectivity index (χ2v) is 17.8. The molecule has 0 N–H and O–H groups in total. The summed E-state index contributed by atoms with van der Waals surface area (Å²) in [6, 6.07) is 83.0. The molecule has 316 valence electrons. The number of rotatable bonds is 5. The third kappa shape index (κ3) is 5.17. The lowest BCUT2D eigenvalue weighted by Gasteiger charge is -2.16. The second kappa shape index (κ2) is 14.1. The van der Waals surface area contributed by atoms with Crippen LogP contribution in [-0.4, -0.2) is 28.2 Å². The Morgan fingerprint density at radius 3 is 1.18 bits per heavy atom. The van der Waals surface area contributed by atoms with Crippen molar-refractivity contribution < 1.29 is 0 Å². The van der Waals surface area contributed by atoms with E-state index in [0.717, 1.165) is 99.5 Å². The van der Waals surface area contributed by atoms with E-state index < -0.39 is 0 Å². The number of benzene rings is 10. The molecule has 0 saturated heterocycles.